The van der Waals surface area contributed by atoms with Crippen molar-refractivity contribution in [2.45, 2.75) is 39.8 Å². The van der Waals surface area contributed by atoms with Gasteiger partial charge in [0.15, 0.2) is 0 Å². The van der Waals surface area contributed by atoms with Gasteiger partial charge in [-0.1, -0.05) is 29.8 Å². The predicted molar refractivity (Wildman–Crippen MR) is 112 cm³/mol. The highest BCUT2D eigenvalue weighted by Crippen LogP contribution is 2.24. The summed E-state index contributed by atoms with van der Waals surface area (Å²) in [6.45, 7) is 7.84. The summed E-state index contributed by atoms with van der Waals surface area (Å²) >= 11 is 0. The Morgan fingerprint density at radius 2 is 1.64 bits per heavy atom. The van der Waals surface area contributed by atoms with Gasteiger partial charge >= 0.3 is 0 Å². The molecule has 0 fully saturated rings. The van der Waals surface area contributed by atoms with Crippen LogP contribution in [0.25, 0.3) is 0 Å². The van der Waals surface area contributed by atoms with Gasteiger partial charge in [0, 0.05) is 0 Å². The molecule has 6 nitrogen and oxygen atoms in total. The molecule has 0 aliphatic carbocycles. The van der Waals surface area contributed by atoms with Crippen LogP contribution in [0.5, 0.6) is 5.75 Å². The number of anilines is 1. The molecule has 0 saturated carbocycles. The lowest BCUT2D eigenvalue weighted by Gasteiger charge is -2.29. The lowest BCUT2D eigenvalue weighted by Crippen LogP contribution is -2.48. The molecular formula is C21H28N2O4S. The van der Waals surface area contributed by atoms with Gasteiger partial charge in [0.2, 0.25) is 15.9 Å². The number of carbonyl (C=O) groups excluding carboxylic acids is 1. The van der Waals surface area contributed by atoms with E-state index in [0.717, 1.165) is 21.7 Å². The zero-order valence-corrected chi connectivity index (χ0v) is 17.8. The number of hydrogen-bond donors (Lipinski definition) is 1. The molecule has 0 unspecified atom stereocenters. The molecule has 0 bridgehead atoms. The third kappa shape index (κ3) is 5.48. The maximum Gasteiger partial charge on any atom is 0.244 e. The van der Waals surface area contributed by atoms with Gasteiger partial charge in [-0.25, -0.2) is 8.42 Å². The maximum absolute atomic E-state index is 12.8. The molecule has 152 valence electrons. The molecule has 28 heavy (non-hydrogen) atoms. The molecule has 2 atom stereocenters. The molecule has 0 aliphatic rings. The number of sulfonamides is 1. The largest absolute Gasteiger partial charge is 0.494 e. The average molecular weight is 405 g/mol. The fourth-order valence-electron chi connectivity index (χ4n) is 2.94. The number of amides is 1. The van der Waals surface area contributed by atoms with Gasteiger partial charge in [-0.2, -0.15) is 0 Å². The number of hydrogen-bond acceptors (Lipinski definition) is 4. The van der Waals surface area contributed by atoms with Crippen LogP contribution in [0.4, 0.5) is 5.69 Å². The van der Waals surface area contributed by atoms with Gasteiger partial charge in [-0.3, -0.25) is 9.10 Å². The molecule has 0 aliphatic heterocycles. The highest BCUT2D eigenvalue weighted by atomic mass is 32.2. The van der Waals surface area contributed by atoms with Crippen LogP contribution in [0.1, 0.15) is 37.9 Å². The lowest BCUT2D eigenvalue weighted by molar-refractivity contribution is -0.122. The number of ether oxygens (including phenoxy) is 1. The average Bonchev–Trinajstić information content (AvgIpc) is 2.62. The zero-order valence-electron chi connectivity index (χ0n) is 17.0. The van der Waals surface area contributed by atoms with Crippen LogP contribution < -0.4 is 14.4 Å². The maximum atomic E-state index is 12.8. The summed E-state index contributed by atoms with van der Waals surface area (Å²) in [6, 6.07) is 13.4. The first kappa shape index (κ1) is 21.8. The molecule has 0 heterocycles. The van der Waals surface area contributed by atoms with E-state index in [4.69, 9.17) is 4.74 Å². The minimum Gasteiger partial charge on any atom is -0.494 e. The van der Waals surface area contributed by atoms with E-state index in [9.17, 15) is 13.2 Å². The molecule has 1 amide bonds. The van der Waals surface area contributed by atoms with E-state index in [-0.39, 0.29) is 11.9 Å². The Hall–Kier alpha value is -2.54. The van der Waals surface area contributed by atoms with Crippen molar-refractivity contribution in [1.29, 1.82) is 0 Å². The number of benzene rings is 2. The topological polar surface area (TPSA) is 75.7 Å². The van der Waals surface area contributed by atoms with Crippen molar-refractivity contribution in [2.24, 2.45) is 0 Å². The lowest BCUT2D eigenvalue weighted by atomic mass is 10.1. The third-order valence-corrected chi connectivity index (χ3v) is 5.67. The molecule has 2 rings (SSSR count). The van der Waals surface area contributed by atoms with Crippen molar-refractivity contribution in [3.63, 3.8) is 0 Å². The number of nitrogens with one attached hydrogen (secondary N) is 1. The number of carbonyl (C=O) groups is 1. The standard InChI is InChI=1S/C21H28N2O4S/c1-6-27-20-13-11-19(12-14-20)23(28(5,25)26)17(4)21(24)22-16(3)18-9-7-15(2)8-10-18/h7-14,16-17H,6H2,1-5H3,(H,22,24)/t16-,17+/m0/s1. The van der Waals surface area contributed by atoms with Crippen molar-refractivity contribution in [1.82, 2.24) is 5.32 Å². The van der Waals surface area contributed by atoms with Crippen molar-refractivity contribution in [3.05, 3.63) is 59.7 Å². The van der Waals surface area contributed by atoms with Crippen LogP contribution >= 0.6 is 0 Å². The molecule has 2 aromatic rings. The van der Waals surface area contributed by atoms with Crippen molar-refractivity contribution in [2.75, 3.05) is 17.2 Å². The van der Waals surface area contributed by atoms with E-state index < -0.39 is 16.1 Å². The molecular weight excluding hydrogens is 376 g/mol. The first-order valence-corrected chi connectivity index (χ1v) is 11.1. The second kappa shape index (κ2) is 9.10. The monoisotopic (exact) mass is 404 g/mol. The van der Waals surface area contributed by atoms with Crippen LogP contribution in [0.3, 0.4) is 0 Å². The van der Waals surface area contributed by atoms with Gasteiger partial charge in [-0.05, 0) is 57.5 Å². The van der Waals surface area contributed by atoms with Crippen molar-refractivity contribution in [3.8, 4) is 5.75 Å². The summed E-state index contributed by atoms with van der Waals surface area (Å²) < 4.78 is 31.3. The Morgan fingerprint density at radius 1 is 1.07 bits per heavy atom. The van der Waals surface area contributed by atoms with Crippen LogP contribution in [0.15, 0.2) is 48.5 Å². The normalized spacial score (nSPS) is 13.5. The Balaban J connectivity index is 2.21. The third-order valence-electron chi connectivity index (χ3n) is 4.43. The predicted octanol–water partition coefficient (Wildman–Crippen LogP) is 3.43. The number of rotatable bonds is 8. The van der Waals surface area contributed by atoms with Crippen molar-refractivity contribution < 1.29 is 17.9 Å². The first-order valence-electron chi connectivity index (χ1n) is 9.22. The summed E-state index contributed by atoms with van der Waals surface area (Å²) in [5.74, 6) is 0.275. The van der Waals surface area contributed by atoms with Gasteiger partial charge in [0.1, 0.15) is 11.8 Å². The second-order valence-electron chi connectivity index (χ2n) is 6.80. The molecule has 0 spiro atoms. The Morgan fingerprint density at radius 3 is 2.14 bits per heavy atom. The molecule has 0 saturated heterocycles. The highest BCUT2D eigenvalue weighted by Gasteiger charge is 2.29. The van der Waals surface area contributed by atoms with Gasteiger partial charge < -0.3 is 10.1 Å². The van der Waals surface area contributed by atoms with Gasteiger partial charge in [-0.15, -0.1) is 0 Å². The summed E-state index contributed by atoms with van der Waals surface area (Å²) in [5, 5.41) is 2.90. The van der Waals surface area contributed by atoms with Crippen LogP contribution in [-0.2, 0) is 14.8 Å². The highest BCUT2D eigenvalue weighted by molar-refractivity contribution is 7.92. The Kier molecular flexibility index (Phi) is 7.07. The molecule has 0 aromatic heterocycles. The summed E-state index contributed by atoms with van der Waals surface area (Å²) in [6.07, 6.45) is 1.09. The molecule has 7 heteroatoms. The molecule has 1 N–H and O–H groups in total. The smallest absolute Gasteiger partial charge is 0.244 e. The summed E-state index contributed by atoms with van der Waals surface area (Å²) in [4.78, 5) is 12.8. The summed E-state index contributed by atoms with van der Waals surface area (Å²) in [7, 11) is -3.66. The van der Waals surface area contributed by atoms with E-state index in [1.54, 1.807) is 31.2 Å². The van der Waals surface area contributed by atoms with Gasteiger partial charge in [0.25, 0.3) is 0 Å². The zero-order chi connectivity index (χ0) is 20.9. The van der Waals surface area contributed by atoms with E-state index in [2.05, 4.69) is 5.32 Å². The minimum atomic E-state index is -3.66. The fourth-order valence-corrected chi connectivity index (χ4v) is 4.11. The molecule has 2 aromatic carbocycles. The number of aryl methyl sites for hydroxylation is 1. The first-order chi connectivity index (χ1) is 13.1. The van der Waals surface area contributed by atoms with Gasteiger partial charge in [0.05, 0.1) is 24.6 Å². The fraction of sp³-hybridized carbons (Fsp3) is 0.381. The van der Waals surface area contributed by atoms with E-state index in [1.165, 1.54) is 0 Å². The Bertz CT molecular complexity index is 893. The van der Waals surface area contributed by atoms with E-state index in [0.29, 0.717) is 18.0 Å². The van der Waals surface area contributed by atoms with Crippen LogP contribution in [0, 0.1) is 6.92 Å². The Labute approximate surface area is 167 Å². The SMILES string of the molecule is CCOc1ccc(N([C@H](C)C(=O)N[C@@H](C)c2ccc(C)cc2)S(C)(=O)=O)cc1. The second-order valence-corrected chi connectivity index (χ2v) is 8.66. The van der Waals surface area contributed by atoms with Crippen molar-refractivity contribution >= 4 is 21.6 Å². The summed E-state index contributed by atoms with van der Waals surface area (Å²) in [5.41, 5.74) is 2.50. The minimum absolute atomic E-state index is 0.239. The quantitative estimate of drug-likeness (QED) is 0.731. The van der Waals surface area contributed by atoms with E-state index >= 15 is 0 Å². The van der Waals surface area contributed by atoms with Crippen LogP contribution in [-0.4, -0.2) is 33.2 Å². The number of nitrogens with zero attached hydrogens (tertiary/aromatic N) is 1. The molecule has 0 radical (unpaired) electrons. The van der Waals surface area contributed by atoms with E-state index in [1.807, 2.05) is 45.0 Å². The van der Waals surface area contributed by atoms with Crippen LogP contribution in [0.2, 0.25) is 0 Å².